The highest BCUT2D eigenvalue weighted by molar-refractivity contribution is 5.97. The van der Waals surface area contributed by atoms with Crippen LogP contribution in [0.4, 0.5) is 0 Å². The highest BCUT2D eigenvalue weighted by Crippen LogP contribution is 2.26. The second-order valence-electron chi connectivity index (χ2n) is 13.8. The molecule has 2 saturated heterocycles. The molecule has 0 saturated carbocycles. The van der Waals surface area contributed by atoms with Crippen LogP contribution in [0.2, 0.25) is 0 Å². The molecular weight excluding hydrogens is 750 g/mol. The molecule has 0 unspecified atom stereocenters. The second kappa shape index (κ2) is 21.8. The largest absolute Gasteiger partial charge is 0.480 e. The number of carboxylic acid groups (broad SMARTS) is 1. The number of carboxylic acids is 1. The number of likely N-dealkylation sites (tertiary alicyclic amines) is 2. The van der Waals surface area contributed by atoms with Crippen LogP contribution < -0.4 is 38.1 Å². The number of nitrogens with two attached hydrogens (primary N) is 2. The number of nitrogens with zero attached hydrogens (tertiary/aromatic N) is 2. The van der Waals surface area contributed by atoms with Crippen molar-refractivity contribution in [2.24, 2.45) is 11.5 Å². The van der Waals surface area contributed by atoms with Gasteiger partial charge in [0.1, 0.15) is 36.3 Å². The fraction of sp³-hybridized carbons (Fsp3) is 0.556. The van der Waals surface area contributed by atoms with Crippen molar-refractivity contribution in [2.45, 2.75) is 101 Å². The summed E-state index contributed by atoms with van der Waals surface area (Å²) in [6.07, 6.45) is -0.0845. The van der Waals surface area contributed by atoms with Gasteiger partial charge in [0.05, 0.1) is 13.2 Å². The van der Waals surface area contributed by atoms with E-state index >= 15 is 0 Å². The minimum Gasteiger partial charge on any atom is -0.480 e. The Morgan fingerprint density at radius 3 is 1.91 bits per heavy atom. The first-order valence-corrected chi connectivity index (χ1v) is 18.5. The molecule has 6 atom stereocenters. The summed E-state index contributed by atoms with van der Waals surface area (Å²) >= 11 is 0. The maximum Gasteiger partial charge on any atom is 0.326 e. The van der Waals surface area contributed by atoms with E-state index in [4.69, 9.17) is 11.5 Å². The Kier molecular flexibility index (Phi) is 17.3. The number of primary amides is 2. The van der Waals surface area contributed by atoms with E-state index < -0.39 is 109 Å². The zero-order chi connectivity index (χ0) is 42.2. The van der Waals surface area contributed by atoms with E-state index in [1.54, 1.807) is 30.3 Å². The summed E-state index contributed by atoms with van der Waals surface area (Å²) in [7, 11) is 0. The lowest BCUT2D eigenvalue weighted by Crippen LogP contribution is -2.59. The van der Waals surface area contributed by atoms with Crippen LogP contribution >= 0.6 is 0 Å². The lowest BCUT2D eigenvalue weighted by atomic mass is 10.0. The number of aliphatic hydroxyl groups is 1. The Hall–Kier alpha value is -6.12. The third kappa shape index (κ3) is 13.8. The first-order chi connectivity index (χ1) is 27.0. The molecule has 3 rings (SSSR count). The average molecular weight is 802 g/mol. The van der Waals surface area contributed by atoms with E-state index in [0.29, 0.717) is 18.4 Å². The van der Waals surface area contributed by atoms with Crippen LogP contribution in [0.1, 0.15) is 63.9 Å². The third-order valence-corrected chi connectivity index (χ3v) is 9.48. The number of carbonyl (C=O) groups excluding carboxylic acids is 9. The van der Waals surface area contributed by atoms with E-state index in [0.717, 1.165) is 6.92 Å². The van der Waals surface area contributed by atoms with Gasteiger partial charge in [0.15, 0.2) is 0 Å². The molecule has 2 heterocycles. The summed E-state index contributed by atoms with van der Waals surface area (Å²) < 4.78 is 0. The monoisotopic (exact) mass is 801 g/mol. The molecule has 0 radical (unpaired) electrons. The second-order valence-corrected chi connectivity index (χ2v) is 13.8. The molecule has 9 amide bonds. The van der Waals surface area contributed by atoms with Crippen LogP contribution in [0.25, 0.3) is 0 Å². The van der Waals surface area contributed by atoms with Gasteiger partial charge < -0.3 is 58.1 Å². The Morgan fingerprint density at radius 1 is 0.737 bits per heavy atom. The van der Waals surface area contributed by atoms with Crippen molar-refractivity contribution < 1.29 is 58.2 Å². The Labute approximate surface area is 328 Å². The van der Waals surface area contributed by atoms with Crippen LogP contribution in [0.3, 0.4) is 0 Å². The fourth-order valence-corrected chi connectivity index (χ4v) is 6.65. The summed E-state index contributed by atoms with van der Waals surface area (Å²) in [4.78, 5) is 129. The molecule has 1 aromatic rings. The first kappa shape index (κ1) is 45.3. The number of amides is 9. The lowest BCUT2D eigenvalue weighted by molar-refractivity contribution is -0.149. The molecule has 57 heavy (non-hydrogen) atoms. The maximum absolute atomic E-state index is 14.1. The molecule has 0 aliphatic carbocycles. The van der Waals surface area contributed by atoms with Crippen molar-refractivity contribution in [1.82, 2.24) is 36.4 Å². The number of hydrogen-bond donors (Lipinski definition) is 9. The van der Waals surface area contributed by atoms with Gasteiger partial charge in [-0.15, -0.1) is 0 Å². The van der Waals surface area contributed by atoms with Gasteiger partial charge in [-0.1, -0.05) is 30.3 Å². The van der Waals surface area contributed by atoms with Crippen molar-refractivity contribution in [3.63, 3.8) is 0 Å². The quantitative estimate of drug-likeness (QED) is 0.0573. The van der Waals surface area contributed by atoms with E-state index in [9.17, 15) is 58.2 Å². The summed E-state index contributed by atoms with van der Waals surface area (Å²) in [6.45, 7) is -0.112. The fourth-order valence-electron chi connectivity index (χ4n) is 6.65. The van der Waals surface area contributed by atoms with Crippen molar-refractivity contribution in [1.29, 1.82) is 0 Å². The maximum atomic E-state index is 14.1. The summed E-state index contributed by atoms with van der Waals surface area (Å²) in [6, 6.07) is 1.10. The van der Waals surface area contributed by atoms with Crippen LogP contribution in [0.5, 0.6) is 0 Å². The van der Waals surface area contributed by atoms with E-state index in [1.165, 1.54) is 9.80 Å². The van der Waals surface area contributed by atoms with Crippen molar-refractivity contribution in [2.75, 3.05) is 26.2 Å². The van der Waals surface area contributed by atoms with Gasteiger partial charge in [0.25, 0.3) is 0 Å². The van der Waals surface area contributed by atoms with Crippen LogP contribution in [-0.2, 0) is 54.4 Å². The van der Waals surface area contributed by atoms with Crippen molar-refractivity contribution in [3.05, 3.63) is 35.9 Å². The van der Waals surface area contributed by atoms with Gasteiger partial charge in [-0.25, -0.2) is 4.79 Å². The number of benzene rings is 1. The smallest absolute Gasteiger partial charge is 0.326 e. The number of aliphatic hydroxyl groups excluding tert-OH is 1. The summed E-state index contributed by atoms with van der Waals surface area (Å²) in [5.74, 6) is -8.24. The molecule has 0 aromatic heterocycles. The van der Waals surface area contributed by atoms with Crippen LogP contribution in [0.15, 0.2) is 30.3 Å². The normalized spacial score (nSPS) is 18.3. The molecular formula is C36H51N9O12. The Bertz CT molecular complexity index is 1680. The molecule has 0 spiro atoms. The summed E-state index contributed by atoms with van der Waals surface area (Å²) in [5, 5.41) is 30.9. The topological polar surface area (TPSA) is 330 Å². The molecule has 0 bridgehead atoms. The van der Waals surface area contributed by atoms with E-state index in [1.807, 2.05) is 0 Å². The van der Waals surface area contributed by atoms with E-state index in [-0.39, 0.29) is 58.0 Å². The van der Waals surface area contributed by atoms with Gasteiger partial charge in [-0.2, -0.15) is 0 Å². The number of hydrogen-bond acceptors (Lipinski definition) is 11. The molecule has 2 aliphatic heterocycles. The lowest BCUT2D eigenvalue weighted by Gasteiger charge is -2.33. The minimum atomic E-state index is -1.48. The highest BCUT2D eigenvalue weighted by Gasteiger charge is 2.44. The number of rotatable bonds is 21. The predicted octanol–water partition coefficient (Wildman–Crippen LogP) is -4.11. The number of carbonyl (C=O) groups is 10. The predicted molar refractivity (Wildman–Crippen MR) is 198 cm³/mol. The standard InChI is InChI=1S/C36H51N9O12/c1-20(47)40-25(19-46)31(51)39-18-30(50)41-22(11-13-28(37)48)32(52)42-23(12-14-29(38)49)34(54)45-16-6-10-27(45)35(55)44-15-5-9-26(44)33(53)43-24(36(56)57)17-21-7-3-2-4-8-21/h2-4,7-8,22-27,46H,5-6,9-19H2,1H3,(H2,37,48)(H2,38,49)(H,39,51)(H,40,47)(H,41,50)(H,42,52)(H,43,53)(H,56,57)/t22-,23-,24-,25-,26-,27-/m0/s1. The van der Waals surface area contributed by atoms with Gasteiger partial charge in [0.2, 0.25) is 53.2 Å². The number of aliphatic carboxylic acids is 1. The Morgan fingerprint density at radius 2 is 1.33 bits per heavy atom. The number of nitrogens with one attached hydrogen (secondary N) is 5. The first-order valence-electron chi connectivity index (χ1n) is 18.5. The third-order valence-electron chi connectivity index (χ3n) is 9.48. The average Bonchev–Trinajstić information content (AvgIpc) is 3.86. The summed E-state index contributed by atoms with van der Waals surface area (Å²) in [5.41, 5.74) is 11.3. The molecule has 11 N–H and O–H groups in total. The molecule has 2 fully saturated rings. The van der Waals surface area contributed by atoms with Gasteiger partial charge in [-0.05, 0) is 44.1 Å². The van der Waals surface area contributed by atoms with Gasteiger partial charge in [-0.3, -0.25) is 43.2 Å². The zero-order valence-electron chi connectivity index (χ0n) is 31.6. The molecule has 312 valence electrons. The van der Waals surface area contributed by atoms with Gasteiger partial charge >= 0.3 is 5.97 Å². The van der Waals surface area contributed by atoms with Crippen LogP contribution in [-0.4, -0.2) is 142 Å². The van der Waals surface area contributed by atoms with Crippen molar-refractivity contribution >= 4 is 59.1 Å². The molecule has 21 heteroatoms. The minimum absolute atomic E-state index is 0.0144. The SMILES string of the molecule is CC(=O)N[C@@H](CO)C(=O)NCC(=O)N[C@@H](CCC(N)=O)C(=O)N[C@@H](CCC(N)=O)C(=O)N1CCC[C@H]1C(=O)N1CCC[C@H]1C(=O)N[C@@H](Cc1ccccc1)C(=O)O. The van der Waals surface area contributed by atoms with Gasteiger partial charge in [0, 0.05) is 39.3 Å². The van der Waals surface area contributed by atoms with Crippen molar-refractivity contribution in [3.8, 4) is 0 Å². The molecule has 21 nitrogen and oxygen atoms in total. The highest BCUT2D eigenvalue weighted by atomic mass is 16.4. The van der Waals surface area contributed by atoms with Crippen LogP contribution in [0, 0.1) is 0 Å². The zero-order valence-corrected chi connectivity index (χ0v) is 31.6. The molecule has 2 aliphatic rings. The van der Waals surface area contributed by atoms with E-state index in [2.05, 4.69) is 26.6 Å². The molecule has 1 aromatic carbocycles. The Balaban J connectivity index is 1.74.